The van der Waals surface area contributed by atoms with Crippen molar-refractivity contribution in [2.45, 2.75) is 52.1 Å². The van der Waals surface area contributed by atoms with Crippen LogP contribution in [0.2, 0.25) is 0 Å². The molecule has 2 rings (SSSR count). The first-order chi connectivity index (χ1) is 9.22. The third kappa shape index (κ3) is 3.66. The third-order valence-electron chi connectivity index (χ3n) is 3.94. The Morgan fingerprint density at radius 3 is 2.42 bits per heavy atom. The second-order valence-corrected chi connectivity index (χ2v) is 5.60. The Hall–Kier alpha value is -1.16. The van der Waals surface area contributed by atoms with Gasteiger partial charge in [0.05, 0.1) is 0 Å². The van der Waals surface area contributed by atoms with Gasteiger partial charge < -0.3 is 9.80 Å². The van der Waals surface area contributed by atoms with E-state index in [0.29, 0.717) is 12.1 Å². The lowest BCUT2D eigenvalue weighted by Crippen LogP contribution is -2.47. The van der Waals surface area contributed by atoms with Crippen molar-refractivity contribution in [1.29, 1.82) is 0 Å². The second kappa shape index (κ2) is 6.85. The second-order valence-electron chi connectivity index (χ2n) is 5.60. The van der Waals surface area contributed by atoms with Gasteiger partial charge in [-0.05, 0) is 39.2 Å². The lowest BCUT2D eigenvalue weighted by molar-refractivity contribution is 0.169. The average molecular weight is 262 g/mol. The summed E-state index contributed by atoms with van der Waals surface area (Å²) in [7, 11) is 0. The monoisotopic (exact) mass is 262 g/mol. The molecule has 0 N–H and O–H groups in total. The molecule has 19 heavy (non-hydrogen) atoms. The first-order valence-electron chi connectivity index (χ1n) is 7.50. The predicted octanol–water partition coefficient (Wildman–Crippen LogP) is 2.57. The summed E-state index contributed by atoms with van der Waals surface area (Å²) in [5.41, 5.74) is 0. The standard InChI is InChI=1S/C15H26N4/c1-4-10-19(15-16-8-5-9-17-15)14-6-11-18(12-7-14)13(2)3/h5,8-9,13-14H,4,6-7,10-12H2,1-3H3. The van der Waals surface area contributed by atoms with Crippen molar-refractivity contribution < 1.29 is 0 Å². The molecule has 1 fully saturated rings. The van der Waals surface area contributed by atoms with Crippen molar-refractivity contribution in [2.24, 2.45) is 0 Å². The summed E-state index contributed by atoms with van der Waals surface area (Å²) in [5.74, 6) is 0.896. The van der Waals surface area contributed by atoms with Gasteiger partial charge in [-0.25, -0.2) is 9.97 Å². The van der Waals surface area contributed by atoms with Gasteiger partial charge in [-0.2, -0.15) is 0 Å². The molecule has 106 valence electrons. The molecular formula is C15H26N4. The van der Waals surface area contributed by atoms with E-state index in [1.165, 1.54) is 25.9 Å². The fourth-order valence-electron chi connectivity index (χ4n) is 2.84. The summed E-state index contributed by atoms with van der Waals surface area (Å²) in [4.78, 5) is 13.8. The molecule has 0 radical (unpaired) electrons. The summed E-state index contributed by atoms with van der Waals surface area (Å²) in [6.45, 7) is 10.2. The number of likely N-dealkylation sites (tertiary alicyclic amines) is 1. The van der Waals surface area contributed by atoms with E-state index in [9.17, 15) is 0 Å². The molecular weight excluding hydrogens is 236 g/mol. The first-order valence-corrected chi connectivity index (χ1v) is 7.50. The Morgan fingerprint density at radius 1 is 1.26 bits per heavy atom. The van der Waals surface area contributed by atoms with Crippen LogP contribution in [0.4, 0.5) is 5.95 Å². The van der Waals surface area contributed by atoms with Crippen molar-refractivity contribution in [2.75, 3.05) is 24.5 Å². The number of rotatable bonds is 5. The Morgan fingerprint density at radius 2 is 1.89 bits per heavy atom. The van der Waals surface area contributed by atoms with E-state index < -0.39 is 0 Å². The molecule has 0 saturated carbocycles. The van der Waals surface area contributed by atoms with Gasteiger partial charge in [0, 0.05) is 44.1 Å². The lowest BCUT2D eigenvalue weighted by atomic mass is 10.0. The summed E-state index contributed by atoms with van der Waals surface area (Å²) < 4.78 is 0. The summed E-state index contributed by atoms with van der Waals surface area (Å²) in [6, 6.07) is 3.14. The van der Waals surface area contributed by atoms with Gasteiger partial charge in [0.1, 0.15) is 0 Å². The van der Waals surface area contributed by atoms with Crippen LogP contribution in [0.15, 0.2) is 18.5 Å². The molecule has 0 spiro atoms. The van der Waals surface area contributed by atoms with E-state index in [4.69, 9.17) is 0 Å². The molecule has 0 bridgehead atoms. The molecule has 0 unspecified atom stereocenters. The van der Waals surface area contributed by atoms with E-state index >= 15 is 0 Å². The van der Waals surface area contributed by atoms with E-state index in [-0.39, 0.29) is 0 Å². The maximum atomic E-state index is 4.43. The third-order valence-corrected chi connectivity index (χ3v) is 3.94. The molecule has 4 nitrogen and oxygen atoms in total. The highest BCUT2D eigenvalue weighted by Crippen LogP contribution is 2.21. The van der Waals surface area contributed by atoms with E-state index in [0.717, 1.165) is 18.9 Å². The Balaban J connectivity index is 2.01. The normalized spacial score (nSPS) is 17.9. The largest absolute Gasteiger partial charge is 0.338 e. The maximum absolute atomic E-state index is 4.43. The molecule has 4 heteroatoms. The molecule has 0 amide bonds. The predicted molar refractivity (Wildman–Crippen MR) is 79.4 cm³/mol. The van der Waals surface area contributed by atoms with Crippen LogP contribution in [-0.4, -0.2) is 46.6 Å². The van der Waals surface area contributed by atoms with Crippen LogP contribution in [0, 0.1) is 0 Å². The van der Waals surface area contributed by atoms with Gasteiger partial charge in [0.15, 0.2) is 0 Å². The van der Waals surface area contributed by atoms with Crippen LogP contribution in [0.5, 0.6) is 0 Å². The van der Waals surface area contributed by atoms with Crippen LogP contribution >= 0.6 is 0 Å². The molecule has 0 atom stereocenters. The molecule has 2 heterocycles. The number of hydrogen-bond donors (Lipinski definition) is 0. The summed E-state index contributed by atoms with van der Waals surface area (Å²) in [6.07, 6.45) is 7.26. The highest BCUT2D eigenvalue weighted by atomic mass is 15.3. The molecule has 0 aromatic carbocycles. The molecule has 1 aliphatic heterocycles. The van der Waals surface area contributed by atoms with Gasteiger partial charge in [-0.15, -0.1) is 0 Å². The molecule has 1 saturated heterocycles. The zero-order valence-electron chi connectivity index (χ0n) is 12.4. The molecule has 0 aliphatic carbocycles. The van der Waals surface area contributed by atoms with Gasteiger partial charge in [-0.3, -0.25) is 0 Å². The number of hydrogen-bond acceptors (Lipinski definition) is 4. The number of piperidine rings is 1. The number of aromatic nitrogens is 2. The van der Waals surface area contributed by atoms with Crippen molar-refractivity contribution >= 4 is 5.95 Å². The van der Waals surface area contributed by atoms with E-state index in [1.54, 1.807) is 0 Å². The first kappa shape index (κ1) is 14.3. The molecule has 1 aromatic rings. The zero-order valence-corrected chi connectivity index (χ0v) is 12.4. The Bertz CT molecular complexity index is 358. The van der Waals surface area contributed by atoms with Crippen LogP contribution < -0.4 is 4.90 Å². The minimum Gasteiger partial charge on any atom is -0.338 e. The van der Waals surface area contributed by atoms with E-state index in [1.807, 2.05) is 18.5 Å². The highest BCUT2D eigenvalue weighted by Gasteiger charge is 2.26. The maximum Gasteiger partial charge on any atom is 0.225 e. The minimum atomic E-state index is 0.595. The topological polar surface area (TPSA) is 32.3 Å². The number of anilines is 1. The lowest BCUT2D eigenvalue weighted by Gasteiger charge is -2.40. The Labute approximate surface area is 116 Å². The zero-order chi connectivity index (χ0) is 13.7. The quantitative estimate of drug-likeness (QED) is 0.816. The smallest absolute Gasteiger partial charge is 0.225 e. The Kier molecular flexibility index (Phi) is 5.14. The fraction of sp³-hybridized carbons (Fsp3) is 0.733. The van der Waals surface area contributed by atoms with Gasteiger partial charge in [-0.1, -0.05) is 6.92 Å². The van der Waals surface area contributed by atoms with Crippen LogP contribution in [0.3, 0.4) is 0 Å². The summed E-state index contributed by atoms with van der Waals surface area (Å²) in [5, 5.41) is 0. The van der Waals surface area contributed by atoms with E-state index in [2.05, 4.69) is 40.5 Å². The molecule has 1 aliphatic rings. The van der Waals surface area contributed by atoms with Crippen LogP contribution in [0.25, 0.3) is 0 Å². The van der Waals surface area contributed by atoms with Gasteiger partial charge in [0.25, 0.3) is 0 Å². The molecule has 1 aromatic heterocycles. The summed E-state index contributed by atoms with van der Waals surface area (Å²) >= 11 is 0. The SMILES string of the molecule is CCCN(c1ncccn1)C1CCN(C(C)C)CC1. The van der Waals surface area contributed by atoms with Gasteiger partial charge >= 0.3 is 0 Å². The minimum absolute atomic E-state index is 0.595. The van der Waals surface area contributed by atoms with Crippen molar-refractivity contribution in [3.05, 3.63) is 18.5 Å². The fourth-order valence-corrected chi connectivity index (χ4v) is 2.84. The van der Waals surface area contributed by atoms with Crippen molar-refractivity contribution in [3.8, 4) is 0 Å². The van der Waals surface area contributed by atoms with Crippen LogP contribution in [0.1, 0.15) is 40.0 Å². The van der Waals surface area contributed by atoms with Gasteiger partial charge in [0.2, 0.25) is 5.95 Å². The van der Waals surface area contributed by atoms with Crippen molar-refractivity contribution in [1.82, 2.24) is 14.9 Å². The number of nitrogens with zero attached hydrogens (tertiary/aromatic N) is 4. The van der Waals surface area contributed by atoms with Crippen LogP contribution in [-0.2, 0) is 0 Å². The average Bonchev–Trinajstić information content (AvgIpc) is 2.46. The highest BCUT2D eigenvalue weighted by molar-refractivity contribution is 5.30. The van der Waals surface area contributed by atoms with Crippen molar-refractivity contribution in [3.63, 3.8) is 0 Å².